The van der Waals surface area contributed by atoms with Gasteiger partial charge in [0.1, 0.15) is 48.8 Å². The molecular weight excluding hydrogens is 1210 g/mol. The van der Waals surface area contributed by atoms with E-state index >= 15 is 0 Å². The highest BCUT2D eigenvalue weighted by Crippen LogP contribution is 2.30. The first-order valence-electron chi connectivity index (χ1n) is 40.2. The number of unbranched alkanes of at least 4 members (excludes halogenated alkanes) is 42. The molecule has 96 heavy (non-hydrogen) atoms. The summed E-state index contributed by atoms with van der Waals surface area (Å²) in [6, 6.07) is -0.834. The zero-order valence-electron chi connectivity index (χ0n) is 61.4. The van der Waals surface area contributed by atoms with E-state index in [4.69, 9.17) is 18.9 Å². The monoisotopic (exact) mass is 1360 g/mol. The van der Waals surface area contributed by atoms with Gasteiger partial charge in [-0.25, -0.2) is 0 Å². The molecule has 0 aliphatic carbocycles. The summed E-state index contributed by atoms with van der Waals surface area (Å²) in [5.74, 6) is -0.204. The molecule has 9 N–H and O–H groups in total. The smallest absolute Gasteiger partial charge is 0.220 e. The van der Waals surface area contributed by atoms with Crippen LogP contribution < -0.4 is 5.32 Å². The average molecular weight is 1360 g/mol. The van der Waals surface area contributed by atoms with Gasteiger partial charge in [-0.05, 0) is 64.2 Å². The lowest BCUT2D eigenvalue weighted by Crippen LogP contribution is -2.65. The summed E-state index contributed by atoms with van der Waals surface area (Å²) in [6.07, 6.45) is 73.6. The largest absolute Gasteiger partial charge is 0.394 e. The Balaban J connectivity index is 1.61. The molecule has 2 aliphatic rings. The molecule has 2 saturated heterocycles. The maximum Gasteiger partial charge on any atom is 0.220 e. The maximum atomic E-state index is 13.4. The van der Waals surface area contributed by atoms with Crippen molar-refractivity contribution in [2.75, 3.05) is 19.8 Å². The van der Waals surface area contributed by atoms with Gasteiger partial charge in [0.2, 0.25) is 5.91 Å². The van der Waals surface area contributed by atoms with E-state index in [-0.39, 0.29) is 12.5 Å². The lowest BCUT2D eigenvalue weighted by molar-refractivity contribution is -0.359. The van der Waals surface area contributed by atoms with Crippen molar-refractivity contribution in [2.45, 2.75) is 421 Å². The van der Waals surface area contributed by atoms with Crippen molar-refractivity contribution in [2.24, 2.45) is 0 Å². The molecule has 1 amide bonds. The van der Waals surface area contributed by atoms with Crippen LogP contribution in [-0.4, -0.2) is 140 Å². The molecule has 0 radical (unpaired) electrons. The van der Waals surface area contributed by atoms with Gasteiger partial charge in [0.05, 0.1) is 32.0 Å². The highest BCUT2D eigenvalue weighted by Gasteiger charge is 2.51. The van der Waals surface area contributed by atoms with E-state index < -0.39 is 86.8 Å². The van der Waals surface area contributed by atoms with Gasteiger partial charge in [0, 0.05) is 6.42 Å². The van der Waals surface area contributed by atoms with Crippen LogP contribution in [0, 0.1) is 0 Å². The van der Waals surface area contributed by atoms with Crippen molar-refractivity contribution >= 4 is 5.91 Å². The third kappa shape index (κ3) is 48.3. The molecule has 560 valence electrons. The Labute approximate surface area is 587 Å². The molecule has 0 aromatic heterocycles. The Hall–Kier alpha value is -2.57. The predicted molar refractivity (Wildman–Crippen MR) is 397 cm³/mol. The Morgan fingerprint density at radius 3 is 1.10 bits per heavy atom. The van der Waals surface area contributed by atoms with Crippen LogP contribution in [0.15, 0.2) is 72.9 Å². The summed E-state index contributed by atoms with van der Waals surface area (Å²) in [4.78, 5) is 13.4. The van der Waals surface area contributed by atoms with Gasteiger partial charge in [0.25, 0.3) is 0 Å². The fourth-order valence-corrected chi connectivity index (χ4v) is 13.1. The van der Waals surface area contributed by atoms with Gasteiger partial charge in [-0.2, -0.15) is 0 Å². The number of allylic oxidation sites excluding steroid dienone is 12. The number of amides is 1. The van der Waals surface area contributed by atoms with Gasteiger partial charge < -0.3 is 65.1 Å². The van der Waals surface area contributed by atoms with Crippen LogP contribution in [0.3, 0.4) is 0 Å². The minimum atomic E-state index is -1.79. The number of aliphatic hydroxyl groups excluding tert-OH is 8. The third-order valence-corrected chi connectivity index (χ3v) is 19.4. The van der Waals surface area contributed by atoms with E-state index in [2.05, 4.69) is 92.1 Å². The quantitative estimate of drug-likeness (QED) is 0.0204. The number of carbonyl (C=O) groups excluding carboxylic acids is 1. The van der Waals surface area contributed by atoms with Crippen molar-refractivity contribution in [3.63, 3.8) is 0 Å². The van der Waals surface area contributed by atoms with Gasteiger partial charge in [-0.3, -0.25) is 4.79 Å². The molecule has 14 heteroatoms. The Morgan fingerprint density at radius 1 is 0.385 bits per heavy atom. The second-order valence-corrected chi connectivity index (χ2v) is 28.2. The number of aliphatic hydroxyl groups is 8. The summed E-state index contributed by atoms with van der Waals surface area (Å²) < 4.78 is 23.0. The number of ether oxygens (including phenoxy) is 4. The Bertz CT molecular complexity index is 1890. The first kappa shape index (κ1) is 89.5. The Kier molecular flexibility index (Phi) is 61.3. The molecule has 0 aromatic carbocycles. The number of rotatable bonds is 67. The summed E-state index contributed by atoms with van der Waals surface area (Å²) in [5.41, 5.74) is 0. The molecule has 2 heterocycles. The fraction of sp³-hybridized carbons (Fsp3) is 0.841. The summed E-state index contributed by atoms with van der Waals surface area (Å²) in [6.45, 7) is 2.80. The molecule has 12 unspecified atom stereocenters. The normalized spacial score (nSPS) is 22.6. The number of carbonyl (C=O) groups is 1. The van der Waals surface area contributed by atoms with Crippen LogP contribution in [0.1, 0.15) is 348 Å². The predicted octanol–water partition coefficient (Wildman–Crippen LogP) is 18.1. The lowest BCUT2D eigenvalue weighted by Gasteiger charge is -2.46. The summed E-state index contributed by atoms with van der Waals surface area (Å²) in [7, 11) is 0. The molecule has 2 aliphatic heterocycles. The second-order valence-electron chi connectivity index (χ2n) is 28.2. The van der Waals surface area contributed by atoms with Crippen molar-refractivity contribution in [1.82, 2.24) is 5.32 Å². The van der Waals surface area contributed by atoms with Gasteiger partial charge >= 0.3 is 0 Å². The number of hydrogen-bond acceptors (Lipinski definition) is 13. The molecule has 14 nitrogen and oxygen atoms in total. The van der Waals surface area contributed by atoms with Gasteiger partial charge in [0.15, 0.2) is 12.6 Å². The zero-order chi connectivity index (χ0) is 69.4. The minimum Gasteiger partial charge on any atom is -0.394 e. The highest BCUT2D eigenvalue weighted by molar-refractivity contribution is 5.76. The first-order valence-corrected chi connectivity index (χ1v) is 40.2. The second kappa shape index (κ2) is 65.7. The van der Waals surface area contributed by atoms with E-state index in [9.17, 15) is 45.6 Å². The van der Waals surface area contributed by atoms with Crippen LogP contribution in [0.5, 0.6) is 0 Å². The van der Waals surface area contributed by atoms with Crippen molar-refractivity contribution in [1.29, 1.82) is 0 Å². The molecule has 12 atom stereocenters. The highest BCUT2D eigenvalue weighted by atomic mass is 16.7. The topological polar surface area (TPSA) is 228 Å². The SMILES string of the molecule is CC/C=C\C/C=C\C/C=C\C/C=C\C/C=C\C/C=C\CCCCCCCCCCCCCCCCC(=O)NC(COC1OC(CO)C(OC2OC(CO)C(O)C(O)C2O)C(O)C1O)C(O)CCCCCCCCCCCCCCCCCCCCCCCCCCCCCCC. The van der Waals surface area contributed by atoms with Crippen LogP contribution in [0.4, 0.5) is 0 Å². The van der Waals surface area contributed by atoms with E-state index in [0.717, 1.165) is 89.9 Å². The summed E-state index contributed by atoms with van der Waals surface area (Å²) in [5, 5.41) is 87.9. The lowest BCUT2D eigenvalue weighted by atomic mass is 9.97. The minimum absolute atomic E-state index is 0.204. The number of nitrogens with one attached hydrogen (secondary N) is 1. The van der Waals surface area contributed by atoms with Crippen LogP contribution in [0.2, 0.25) is 0 Å². The van der Waals surface area contributed by atoms with Crippen LogP contribution >= 0.6 is 0 Å². The van der Waals surface area contributed by atoms with E-state index in [0.29, 0.717) is 12.8 Å². The van der Waals surface area contributed by atoms with Gasteiger partial charge in [-0.1, -0.05) is 350 Å². The summed E-state index contributed by atoms with van der Waals surface area (Å²) >= 11 is 0. The molecular formula is C82H149NO13. The zero-order valence-corrected chi connectivity index (χ0v) is 61.4. The Morgan fingerprint density at radius 2 is 0.719 bits per heavy atom. The van der Waals surface area contributed by atoms with Crippen molar-refractivity contribution < 1.29 is 64.6 Å². The van der Waals surface area contributed by atoms with Crippen molar-refractivity contribution in [3.8, 4) is 0 Å². The van der Waals surface area contributed by atoms with E-state index in [1.165, 1.54) is 231 Å². The number of hydrogen-bond donors (Lipinski definition) is 9. The van der Waals surface area contributed by atoms with Crippen molar-refractivity contribution in [3.05, 3.63) is 72.9 Å². The molecule has 0 aromatic rings. The molecule has 2 rings (SSSR count). The average Bonchev–Trinajstić information content (AvgIpc) is 0.812. The fourth-order valence-electron chi connectivity index (χ4n) is 13.1. The van der Waals surface area contributed by atoms with Crippen LogP contribution in [-0.2, 0) is 23.7 Å². The standard InChI is InChI=1S/C82H149NO13/c1-3-5-7-9-11-13-15-17-19-21-23-25-27-29-31-33-34-35-36-38-40-42-44-46-48-50-52-54-56-58-60-62-64-66-74(87)83-70(69-93-81-79(92)77(90)80(73(68-85)95-81)96-82-78(91)76(89)75(88)72(67-84)94-82)71(86)65-63-61-59-57-55-53-51-49-47-45-43-41-39-37-32-30-28-26-24-22-20-18-16-14-12-10-8-6-4-2/h5,7,11,13,17,19,23,25,29,31,34-35,70-73,75-82,84-86,88-92H,3-4,6,8-10,12,14-16,18,20-22,24,26-28,30,32-33,36-69H2,1-2H3,(H,83,87)/b7-5-,13-11-,19-17-,25-23-,31-29-,35-34-. The molecule has 0 bridgehead atoms. The molecule has 0 spiro atoms. The van der Waals surface area contributed by atoms with E-state index in [1.807, 2.05) is 0 Å². The maximum absolute atomic E-state index is 13.4. The van der Waals surface area contributed by atoms with Gasteiger partial charge in [-0.15, -0.1) is 0 Å². The molecule has 2 fully saturated rings. The molecule has 0 saturated carbocycles. The van der Waals surface area contributed by atoms with Crippen LogP contribution in [0.25, 0.3) is 0 Å². The first-order chi connectivity index (χ1) is 47.1. The van der Waals surface area contributed by atoms with E-state index in [1.54, 1.807) is 0 Å². The third-order valence-electron chi connectivity index (χ3n) is 19.4.